The van der Waals surface area contributed by atoms with Gasteiger partial charge in [-0.05, 0) is 18.9 Å². The van der Waals surface area contributed by atoms with E-state index in [0.717, 1.165) is 26.1 Å². The van der Waals surface area contributed by atoms with Gasteiger partial charge in [-0.15, -0.1) is 10.2 Å². The van der Waals surface area contributed by atoms with E-state index in [2.05, 4.69) is 28.9 Å². The molecule has 140 valence electrons. The van der Waals surface area contributed by atoms with E-state index in [0.29, 0.717) is 37.4 Å². The van der Waals surface area contributed by atoms with Gasteiger partial charge >= 0.3 is 0 Å². The van der Waals surface area contributed by atoms with Crippen LogP contribution in [0.25, 0.3) is 0 Å². The van der Waals surface area contributed by atoms with Gasteiger partial charge in [0.25, 0.3) is 0 Å². The van der Waals surface area contributed by atoms with Crippen LogP contribution in [0.5, 0.6) is 0 Å². The highest BCUT2D eigenvalue weighted by Crippen LogP contribution is 2.26. The molecule has 0 aliphatic carbocycles. The zero-order chi connectivity index (χ0) is 18.0. The van der Waals surface area contributed by atoms with Gasteiger partial charge in [0, 0.05) is 25.6 Å². The van der Waals surface area contributed by atoms with E-state index < -0.39 is 0 Å². The number of rotatable bonds is 5. The molecule has 7 nitrogen and oxygen atoms in total. The van der Waals surface area contributed by atoms with Crippen LogP contribution in [0.2, 0.25) is 0 Å². The van der Waals surface area contributed by atoms with Gasteiger partial charge in [0.2, 0.25) is 17.7 Å². The zero-order valence-corrected chi connectivity index (χ0v) is 15.8. The molecule has 1 aromatic rings. The molecular formula is C18H30N4O3. The van der Waals surface area contributed by atoms with Gasteiger partial charge in [0.05, 0.1) is 19.1 Å². The molecular weight excluding hydrogens is 320 g/mol. The van der Waals surface area contributed by atoms with E-state index in [1.54, 1.807) is 0 Å². The number of hydrogen-bond donors (Lipinski definition) is 0. The van der Waals surface area contributed by atoms with Crippen molar-refractivity contribution >= 4 is 5.91 Å². The molecule has 0 radical (unpaired) electrons. The maximum atomic E-state index is 12.9. The summed E-state index contributed by atoms with van der Waals surface area (Å²) in [6.07, 6.45) is 0.636. The van der Waals surface area contributed by atoms with Crippen molar-refractivity contribution in [3.8, 4) is 0 Å². The molecule has 2 unspecified atom stereocenters. The second-order valence-corrected chi connectivity index (χ2v) is 7.92. The molecule has 1 aromatic heterocycles. The molecule has 2 aliphatic rings. The lowest BCUT2D eigenvalue weighted by Gasteiger charge is -2.33. The van der Waals surface area contributed by atoms with Gasteiger partial charge in [-0.2, -0.15) is 0 Å². The van der Waals surface area contributed by atoms with Crippen LogP contribution in [0.1, 0.15) is 57.9 Å². The van der Waals surface area contributed by atoms with Gasteiger partial charge in [-0.3, -0.25) is 4.79 Å². The zero-order valence-electron chi connectivity index (χ0n) is 15.8. The number of likely N-dealkylation sites (tertiary alicyclic amines) is 1. The SMILES string of the molecule is CC(C)CN1CCC(C(=O)N2CCOC(c3nnc(C(C)C)o3)C2)C1. The Balaban J connectivity index is 1.58. The van der Waals surface area contributed by atoms with Crippen molar-refractivity contribution in [3.05, 3.63) is 11.8 Å². The summed E-state index contributed by atoms with van der Waals surface area (Å²) in [5, 5.41) is 8.18. The second-order valence-electron chi connectivity index (χ2n) is 7.92. The van der Waals surface area contributed by atoms with Crippen LogP contribution < -0.4 is 0 Å². The van der Waals surface area contributed by atoms with Crippen LogP contribution in [0.3, 0.4) is 0 Å². The fraction of sp³-hybridized carbons (Fsp3) is 0.833. The summed E-state index contributed by atoms with van der Waals surface area (Å²) in [5.74, 6) is 2.26. The first-order valence-electron chi connectivity index (χ1n) is 9.40. The van der Waals surface area contributed by atoms with Crippen molar-refractivity contribution < 1.29 is 13.9 Å². The normalized spacial score (nSPS) is 25.3. The van der Waals surface area contributed by atoms with Gasteiger partial charge in [-0.1, -0.05) is 27.7 Å². The fourth-order valence-electron chi connectivity index (χ4n) is 3.58. The molecule has 2 fully saturated rings. The summed E-state index contributed by atoms with van der Waals surface area (Å²) in [5.41, 5.74) is 0. The summed E-state index contributed by atoms with van der Waals surface area (Å²) in [6.45, 7) is 13.1. The predicted octanol–water partition coefficient (Wildman–Crippen LogP) is 2.07. The minimum Gasteiger partial charge on any atom is -0.422 e. The third-order valence-electron chi connectivity index (χ3n) is 4.85. The minimum absolute atomic E-state index is 0.103. The highest BCUT2D eigenvalue weighted by Gasteiger charge is 2.35. The summed E-state index contributed by atoms with van der Waals surface area (Å²) < 4.78 is 11.5. The Morgan fingerprint density at radius 1 is 1.20 bits per heavy atom. The monoisotopic (exact) mass is 350 g/mol. The van der Waals surface area contributed by atoms with E-state index in [1.165, 1.54) is 0 Å². The third kappa shape index (κ3) is 4.39. The van der Waals surface area contributed by atoms with E-state index in [9.17, 15) is 4.79 Å². The number of nitrogens with zero attached hydrogens (tertiary/aromatic N) is 4. The number of ether oxygens (including phenoxy) is 1. The molecule has 3 heterocycles. The van der Waals surface area contributed by atoms with Crippen LogP contribution in [0, 0.1) is 11.8 Å². The first-order chi connectivity index (χ1) is 11.9. The molecule has 3 rings (SSSR count). The fourth-order valence-corrected chi connectivity index (χ4v) is 3.58. The highest BCUT2D eigenvalue weighted by molar-refractivity contribution is 5.79. The van der Waals surface area contributed by atoms with E-state index in [4.69, 9.17) is 9.15 Å². The molecule has 2 atom stereocenters. The smallest absolute Gasteiger partial charge is 0.247 e. The number of carbonyl (C=O) groups is 1. The highest BCUT2D eigenvalue weighted by atomic mass is 16.5. The van der Waals surface area contributed by atoms with Crippen molar-refractivity contribution in [2.45, 2.75) is 46.1 Å². The number of morpholine rings is 1. The molecule has 25 heavy (non-hydrogen) atoms. The third-order valence-corrected chi connectivity index (χ3v) is 4.85. The van der Waals surface area contributed by atoms with Crippen LogP contribution >= 0.6 is 0 Å². The Morgan fingerprint density at radius 2 is 2.00 bits per heavy atom. The maximum absolute atomic E-state index is 12.9. The van der Waals surface area contributed by atoms with Crippen LogP contribution in [-0.4, -0.2) is 65.2 Å². The van der Waals surface area contributed by atoms with E-state index in [-0.39, 0.29) is 23.8 Å². The number of aromatic nitrogens is 2. The Bertz CT molecular complexity index is 587. The molecule has 2 saturated heterocycles. The molecule has 0 N–H and O–H groups in total. The Hall–Kier alpha value is -1.47. The number of hydrogen-bond acceptors (Lipinski definition) is 6. The number of amides is 1. The lowest BCUT2D eigenvalue weighted by atomic mass is 10.1. The van der Waals surface area contributed by atoms with Crippen LogP contribution in [0.4, 0.5) is 0 Å². The molecule has 0 saturated carbocycles. The lowest BCUT2D eigenvalue weighted by molar-refractivity contribution is -0.143. The quantitative estimate of drug-likeness (QED) is 0.809. The first kappa shape index (κ1) is 18.3. The second kappa shape index (κ2) is 7.83. The summed E-state index contributed by atoms with van der Waals surface area (Å²) >= 11 is 0. The van der Waals surface area contributed by atoms with Crippen LogP contribution in [0.15, 0.2) is 4.42 Å². The van der Waals surface area contributed by atoms with Crippen molar-refractivity contribution in [1.29, 1.82) is 0 Å². The van der Waals surface area contributed by atoms with Crippen molar-refractivity contribution in [3.63, 3.8) is 0 Å². The topological polar surface area (TPSA) is 71.7 Å². The van der Waals surface area contributed by atoms with Gasteiger partial charge in [0.1, 0.15) is 0 Å². The van der Waals surface area contributed by atoms with Crippen molar-refractivity contribution in [2.75, 3.05) is 39.3 Å². The van der Waals surface area contributed by atoms with Crippen molar-refractivity contribution in [2.24, 2.45) is 11.8 Å². The maximum Gasteiger partial charge on any atom is 0.247 e. The average molecular weight is 350 g/mol. The molecule has 0 aromatic carbocycles. The molecule has 2 aliphatic heterocycles. The lowest BCUT2D eigenvalue weighted by Crippen LogP contribution is -2.45. The molecule has 1 amide bonds. The van der Waals surface area contributed by atoms with Crippen LogP contribution in [-0.2, 0) is 9.53 Å². The van der Waals surface area contributed by atoms with Gasteiger partial charge in [-0.25, -0.2) is 0 Å². The summed E-state index contributed by atoms with van der Waals surface area (Å²) in [6, 6.07) is 0. The average Bonchev–Trinajstić information content (AvgIpc) is 3.23. The summed E-state index contributed by atoms with van der Waals surface area (Å²) in [4.78, 5) is 17.2. The molecule has 0 bridgehead atoms. The van der Waals surface area contributed by atoms with Gasteiger partial charge < -0.3 is 19.0 Å². The summed E-state index contributed by atoms with van der Waals surface area (Å²) in [7, 11) is 0. The number of carbonyl (C=O) groups excluding carboxylic acids is 1. The van der Waals surface area contributed by atoms with Crippen molar-refractivity contribution in [1.82, 2.24) is 20.0 Å². The largest absolute Gasteiger partial charge is 0.422 e. The first-order valence-corrected chi connectivity index (χ1v) is 9.40. The Kier molecular flexibility index (Phi) is 5.74. The Labute approximate surface area is 149 Å². The Morgan fingerprint density at radius 3 is 2.68 bits per heavy atom. The van der Waals surface area contributed by atoms with E-state index >= 15 is 0 Å². The molecule has 7 heteroatoms. The predicted molar refractivity (Wildman–Crippen MR) is 93.0 cm³/mol. The van der Waals surface area contributed by atoms with Gasteiger partial charge in [0.15, 0.2) is 6.10 Å². The van der Waals surface area contributed by atoms with E-state index in [1.807, 2.05) is 18.7 Å². The molecule has 0 spiro atoms. The minimum atomic E-state index is -0.314. The standard InChI is InChI=1S/C18H30N4O3/c1-12(2)9-21-6-5-14(10-21)18(23)22-7-8-24-15(11-22)17-20-19-16(25-17)13(3)4/h12-15H,5-11H2,1-4H3.